The maximum absolute atomic E-state index is 5.79. The monoisotopic (exact) mass is 255 g/mol. The lowest BCUT2D eigenvalue weighted by atomic mass is 10.2. The topological polar surface area (TPSA) is 29.0 Å². The molecule has 3 nitrogen and oxygen atoms in total. The van der Waals surface area contributed by atoms with Crippen molar-refractivity contribution in [3.05, 3.63) is 18.1 Å². The van der Waals surface area contributed by atoms with Crippen molar-refractivity contribution >= 4 is 17.4 Å². The van der Waals surface area contributed by atoms with E-state index in [1.165, 1.54) is 19.3 Å². The largest absolute Gasteiger partial charge is 0.353 e. The molecule has 0 saturated heterocycles. The fourth-order valence-corrected chi connectivity index (χ4v) is 1.90. The molecule has 0 radical (unpaired) electrons. The molecule has 0 N–H and O–H groups in total. The molecule has 0 atom stereocenters. The fourth-order valence-electron chi connectivity index (χ4n) is 1.77. The van der Waals surface area contributed by atoms with Crippen LogP contribution in [0.3, 0.4) is 0 Å². The highest BCUT2D eigenvalue weighted by molar-refractivity contribution is 6.16. The molecule has 0 amide bonds. The van der Waals surface area contributed by atoms with E-state index >= 15 is 0 Å². The zero-order valence-electron chi connectivity index (χ0n) is 11.0. The molecule has 0 aromatic carbocycles. The van der Waals surface area contributed by atoms with Crippen LogP contribution in [-0.2, 0) is 5.88 Å². The van der Waals surface area contributed by atoms with Gasteiger partial charge in [0, 0.05) is 18.8 Å². The summed E-state index contributed by atoms with van der Waals surface area (Å²) in [4.78, 5) is 11.0. The van der Waals surface area contributed by atoms with Crippen LogP contribution in [0.1, 0.15) is 45.7 Å². The molecule has 0 spiro atoms. The molecule has 0 aliphatic carbocycles. The molecule has 0 bridgehead atoms. The van der Waals surface area contributed by atoms with Crippen LogP contribution in [-0.4, -0.2) is 22.6 Å². The van der Waals surface area contributed by atoms with Crippen LogP contribution >= 0.6 is 11.6 Å². The van der Waals surface area contributed by atoms with Crippen molar-refractivity contribution in [2.24, 2.45) is 0 Å². The van der Waals surface area contributed by atoms with Crippen molar-refractivity contribution < 1.29 is 0 Å². The normalized spacial score (nSPS) is 10.9. The first-order valence-corrected chi connectivity index (χ1v) is 6.86. The minimum Gasteiger partial charge on any atom is -0.353 e. The molecule has 0 aliphatic heterocycles. The predicted octanol–water partition coefficient (Wildman–Crippen LogP) is 3.62. The number of alkyl halides is 1. The van der Waals surface area contributed by atoms with Gasteiger partial charge in [-0.05, 0) is 20.3 Å². The molecule has 0 unspecified atom stereocenters. The molecule has 1 aromatic heterocycles. The van der Waals surface area contributed by atoms with Gasteiger partial charge in [-0.1, -0.05) is 19.8 Å². The summed E-state index contributed by atoms with van der Waals surface area (Å²) in [7, 11) is 0. The van der Waals surface area contributed by atoms with Gasteiger partial charge >= 0.3 is 0 Å². The molecular weight excluding hydrogens is 234 g/mol. The maximum Gasteiger partial charge on any atom is 0.147 e. The highest BCUT2D eigenvalue weighted by atomic mass is 35.5. The average Bonchev–Trinajstić information content (AvgIpc) is 2.34. The standard InChI is InChI=1S/C13H22ClN3/c1-4-5-6-7-17(11(2)3)13-10-15-9-12(8-14)16-13/h9-11H,4-8H2,1-3H3. The summed E-state index contributed by atoms with van der Waals surface area (Å²) in [6.45, 7) is 7.61. The number of hydrogen-bond donors (Lipinski definition) is 0. The summed E-state index contributed by atoms with van der Waals surface area (Å²) in [5.74, 6) is 1.36. The van der Waals surface area contributed by atoms with Crippen molar-refractivity contribution in [2.45, 2.75) is 52.0 Å². The van der Waals surface area contributed by atoms with E-state index in [0.29, 0.717) is 11.9 Å². The van der Waals surface area contributed by atoms with E-state index in [1.54, 1.807) is 6.20 Å². The van der Waals surface area contributed by atoms with Gasteiger partial charge in [0.2, 0.25) is 0 Å². The third-order valence-electron chi connectivity index (χ3n) is 2.73. The third-order valence-corrected chi connectivity index (χ3v) is 3.00. The first-order chi connectivity index (χ1) is 8.19. The van der Waals surface area contributed by atoms with Gasteiger partial charge in [-0.2, -0.15) is 0 Å². The average molecular weight is 256 g/mol. The Morgan fingerprint density at radius 1 is 1.29 bits per heavy atom. The van der Waals surface area contributed by atoms with Gasteiger partial charge in [0.25, 0.3) is 0 Å². The Labute approximate surface area is 109 Å². The molecule has 0 saturated carbocycles. The number of rotatable bonds is 7. The number of aromatic nitrogens is 2. The molecule has 0 fully saturated rings. The summed E-state index contributed by atoms with van der Waals surface area (Å²) in [5.41, 5.74) is 0.838. The van der Waals surface area contributed by atoms with Gasteiger partial charge in [0.15, 0.2) is 0 Å². The quantitative estimate of drug-likeness (QED) is 0.550. The van der Waals surface area contributed by atoms with Crippen molar-refractivity contribution in [3.63, 3.8) is 0 Å². The molecule has 1 rings (SSSR count). The third kappa shape index (κ3) is 4.50. The Morgan fingerprint density at radius 2 is 2.06 bits per heavy atom. The van der Waals surface area contributed by atoms with Gasteiger partial charge < -0.3 is 4.90 Å². The molecule has 1 heterocycles. The van der Waals surface area contributed by atoms with Crippen LogP contribution in [0.15, 0.2) is 12.4 Å². The molecule has 96 valence electrons. The lowest BCUT2D eigenvalue weighted by Crippen LogP contribution is -2.32. The first-order valence-electron chi connectivity index (χ1n) is 6.32. The molecule has 4 heteroatoms. The van der Waals surface area contributed by atoms with Crippen molar-refractivity contribution in [3.8, 4) is 0 Å². The van der Waals surface area contributed by atoms with Crippen LogP contribution in [0.5, 0.6) is 0 Å². The van der Waals surface area contributed by atoms with Crippen molar-refractivity contribution in [1.29, 1.82) is 0 Å². The van der Waals surface area contributed by atoms with Crippen LogP contribution in [0, 0.1) is 0 Å². The van der Waals surface area contributed by atoms with Crippen molar-refractivity contribution in [1.82, 2.24) is 9.97 Å². The number of unbranched alkanes of at least 4 members (excludes halogenated alkanes) is 2. The van der Waals surface area contributed by atoms with E-state index in [2.05, 4.69) is 35.6 Å². The Morgan fingerprint density at radius 3 is 2.65 bits per heavy atom. The summed E-state index contributed by atoms with van der Waals surface area (Å²) in [6, 6.07) is 0.437. The maximum atomic E-state index is 5.79. The molecule has 1 aromatic rings. The molecule has 17 heavy (non-hydrogen) atoms. The second kappa shape index (κ2) is 7.49. The zero-order valence-corrected chi connectivity index (χ0v) is 11.7. The van der Waals surface area contributed by atoms with Gasteiger partial charge in [-0.15, -0.1) is 11.6 Å². The minimum absolute atomic E-state index is 0.418. The lowest BCUT2D eigenvalue weighted by Gasteiger charge is -2.27. The second-order valence-electron chi connectivity index (χ2n) is 4.50. The van der Waals surface area contributed by atoms with E-state index in [-0.39, 0.29) is 0 Å². The first kappa shape index (κ1) is 14.2. The smallest absolute Gasteiger partial charge is 0.147 e. The Balaban J connectivity index is 2.74. The van der Waals surface area contributed by atoms with Gasteiger partial charge in [0.1, 0.15) is 5.82 Å². The highest BCUT2D eigenvalue weighted by Crippen LogP contribution is 2.15. The summed E-state index contributed by atoms with van der Waals surface area (Å²) < 4.78 is 0. The lowest BCUT2D eigenvalue weighted by molar-refractivity contribution is 0.618. The van der Waals surface area contributed by atoms with Gasteiger partial charge in [0.05, 0.1) is 17.8 Å². The Kier molecular flexibility index (Phi) is 6.27. The predicted molar refractivity (Wildman–Crippen MR) is 73.6 cm³/mol. The number of halogens is 1. The summed E-state index contributed by atoms with van der Waals surface area (Å²) >= 11 is 5.79. The minimum atomic E-state index is 0.418. The van der Waals surface area contributed by atoms with E-state index in [0.717, 1.165) is 18.1 Å². The van der Waals surface area contributed by atoms with Crippen molar-refractivity contribution in [2.75, 3.05) is 11.4 Å². The van der Waals surface area contributed by atoms with Crippen LogP contribution in [0.4, 0.5) is 5.82 Å². The Bertz CT molecular complexity index is 328. The van der Waals surface area contributed by atoms with Crippen LogP contribution < -0.4 is 4.90 Å². The van der Waals surface area contributed by atoms with E-state index < -0.39 is 0 Å². The second-order valence-corrected chi connectivity index (χ2v) is 4.76. The highest BCUT2D eigenvalue weighted by Gasteiger charge is 2.12. The zero-order chi connectivity index (χ0) is 12.7. The molecular formula is C13H22ClN3. The van der Waals surface area contributed by atoms with Gasteiger partial charge in [-0.3, -0.25) is 4.98 Å². The Hall–Kier alpha value is -0.830. The van der Waals surface area contributed by atoms with Crippen LogP contribution in [0.2, 0.25) is 0 Å². The summed E-state index contributed by atoms with van der Waals surface area (Å²) in [6.07, 6.45) is 7.23. The number of hydrogen-bond acceptors (Lipinski definition) is 3. The fraction of sp³-hybridized carbons (Fsp3) is 0.692. The van der Waals surface area contributed by atoms with Crippen LogP contribution in [0.25, 0.3) is 0 Å². The van der Waals surface area contributed by atoms with E-state index in [4.69, 9.17) is 11.6 Å². The van der Waals surface area contributed by atoms with Gasteiger partial charge in [-0.25, -0.2) is 4.98 Å². The van der Waals surface area contributed by atoms with E-state index in [1.807, 2.05) is 6.20 Å². The molecule has 0 aliphatic rings. The van der Waals surface area contributed by atoms with E-state index in [9.17, 15) is 0 Å². The summed E-state index contributed by atoms with van der Waals surface area (Å²) in [5, 5.41) is 0. The SMILES string of the molecule is CCCCCN(c1cncc(CCl)n1)C(C)C. The number of anilines is 1. The number of nitrogens with zero attached hydrogens (tertiary/aromatic N) is 3.